The van der Waals surface area contributed by atoms with Crippen molar-refractivity contribution in [2.45, 2.75) is 6.61 Å². The van der Waals surface area contributed by atoms with E-state index in [2.05, 4.69) is 24.8 Å². The molecule has 0 saturated carbocycles. The van der Waals surface area contributed by atoms with Gasteiger partial charge in [0.05, 0.1) is 11.7 Å². The van der Waals surface area contributed by atoms with Gasteiger partial charge in [0.2, 0.25) is 0 Å². The molecule has 6 nitrogen and oxygen atoms in total. The molecule has 0 amide bonds. The van der Waals surface area contributed by atoms with Crippen LogP contribution in [0.5, 0.6) is 5.75 Å². The Labute approximate surface area is 128 Å². The summed E-state index contributed by atoms with van der Waals surface area (Å²) in [5.41, 5.74) is 3.31. The number of nitrogens with one attached hydrogen (secondary N) is 1. The number of benzene rings is 1. The SMILES string of the molecule is Cn1nc(-c2cnc3[nH]ccc3n2)c2cc(OC(F)F)ccc21. The molecule has 0 atom stereocenters. The van der Waals surface area contributed by atoms with Gasteiger partial charge in [0.1, 0.15) is 22.7 Å². The largest absolute Gasteiger partial charge is 0.435 e. The summed E-state index contributed by atoms with van der Waals surface area (Å²) in [6, 6.07) is 6.52. The van der Waals surface area contributed by atoms with E-state index >= 15 is 0 Å². The van der Waals surface area contributed by atoms with Crippen molar-refractivity contribution in [3.63, 3.8) is 0 Å². The van der Waals surface area contributed by atoms with Gasteiger partial charge in [-0.15, -0.1) is 0 Å². The summed E-state index contributed by atoms with van der Waals surface area (Å²) < 4.78 is 31.0. The number of alkyl halides is 2. The van der Waals surface area contributed by atoms with Gasteiger partial charge in [0.15, 0.2) is 5.65 Å². The summed E-state index contributed by atoms with van der Waals surface area (Å²) >= 11 is 0. The first-order valence-corrected chi connectivity index (χ1v) is 6.84. The highest BCUT2D eigenvalue weighted by Gasteiger charge is 2.15. The van der Waals surface area contributed by atoms with E-state index in [4.69, 9.17) is 0 Å². The maximum absolute atomic E-state index is 12.4. The predicted octanol–water partition coefficient (Wildman–Crippen LogP) is 3.11. The number of fused-ring (bicyclic) bond motifs is 2. The molecular formula is C15H11F2N5O. The molecule has 0 bridgehead atoms. The first-order chi connectivity index (χ1) is 11.1. The van der Waals surface area contributed by atoms with Gasteiger partial charge in [-0.2, -0.15) is 13.9 Å². The zero-order valence-electron chi connectivity index (χ0n) is 12.0. The van der Waals surface area contributed by atoms with Crippen LogP contribution < -0.4 is 4.74 Å². The second-order valence-corrected chi connectivity index (χ2v) is 5.00. The number of rotatable bonds is 3. The summed E-state index contributed by atoms with van der Waals surface area (Å²) in [6.07, 6.45) is 3.35. The fourth-order valence-electron chi connectivity index (χ4n) is 2.55. The van der Waals surface area contributed by atoms with Gasteiger partial charge in [-0.25, -0.2) is 9.97 Å². The van der Waals surface area contributed by atoms with Crippen molar-refractivity contribution in [1.29, 1.82) is 0 Å². The molecule has 0 aliphatic rings. The molecule has 0 aliphatic carbocycles. The first kappa shape index (κ1) is 13.6. The minimum Gasteiger partial charge on any atom is -0.435 e. The van der Waals surface area contributed by atoms with Crippen LogP contribution in [0.2, 0.25) is 0 Å². The van der Waals surface area contributed by atoms with Crippen molar-refractivity contribution < 1.29 is 13.5 Å². The highest BCUT2D eigenvalue weighted by molar-refractivity contribution is 5.94. The minimum absolute atomic E-state index is 0.0810. The highest BCUT2D eigenvalue weighted by atomic mass is 19.3. The number of nitrogens with zero attached hydrogens (tertiary/aromatic N) is 4. The first-order valence-electron chi connectivity index (χ1n) is 6.84. The maximum atomic E-state index is 12.4. The molecule has 4 aromatic rings. The zero-order chi connectivity index (χ0) is 16.0. The third kappa shape index (κ3) is 2.28. The number of aromatic nitrogens is 5. The van der Waals surface area contributed by atoms with Crippen molar-refractivity contribution >= 4 is 22.1 Å². The second kappa shape index (κ2) is 5.01. The van der Waals surface area contributed by atoms with Gasteiger partial charge >= 0.3 is 6.61 Å². The van der Waals surface area contributed by atoms with Crippen LogP contribution in [0.15, 0.2) is 36.7 Å². The number of hydrogen-bond donors (Lipinski definition) is 1. The fourth-order valence-corrected chi connectivity index (χ4v) is 2.55. The molecule has 0 unspecified atom stereocenters. The molecule has 0 aliphatic heterocycles. The molecule has 0 spiro atoms. The Morgan fingerprint density at radius 3 is 2.96 bits per heavy atom. The molecule has 1 aromatic carbocycles. The zero-order valence-corrected chi connectivity index (χ0v) is 12.0. The Bertz CT molecular complexity index is 1010. The van der Waals surface area contributed by atoms with Crippen LogP contribution in [0, 0.1) is 0 Å². The van der Waals surface area contributed by atoms with Gasteiger partial charge in [-0.3, -0.25) is 4.68 Å². The van der Waals surface area contributed by atoms with Gasteiger partial charge in [0.25, 0.3) is 0 Å². The lowest BCUT2D eigenvalue weighted by Crippen LogP contribution is -2.01. The van der Waals surface area contributed by atoms with Crippen LogP contribution in [0.1, 0.15) is 0 Å². The van der Waals surface area contributed by atoms with E-state index in [0.29, 0.717) is 27.9 Å². The van der Waals surface area contributed by atoms with Gasteiger partial charge < -0.3 is 9.72 Å². The van der Waals surface area contributed by atoms with Crippen LogP contribution in [-0.4, -0.2) is 31.3 Å². The number of aromatic amines is 1. The average Bonchev–Trinajstić information content (AvgIpc) is 3.10. The van der Waals surface area contributed by atoms with E-state index in [1.54, 1.807) is 30.2 Å². The Morgan fingerprint density at radius 1 is 1.26 bits per heavy atom. The van der Waals surface area contributed by atoms with E-state index in [-0.39, 0.29) is 5.75 Å². The molecule has 23 heavy (non-hydrogen) atoms. The normalized spacial score (nSPS) is 11.7. The number of ether oxygens (including phenoxy) is 1. The predicted molar refractivity (Wildman–Crippen MR) is 80.2 cm³/mol. The van der Waals surface area contributed by atoms with E-state index in [1.807, 2.05) is 6.07 Å². The summed E-state index contributed by atoms with van der Waals surface area (Å²) in [6.45, 7) is -2.87. The number of halogens is 2. The van der Waals surface area contributed by atoms with Crippen molar-refractivity contribution in [2.75, 3.05) is 0 Å². The lowest BCUT2D eigenvalue weighted by molar-refractivity contribution is -0.0497. The summed E-state index contributed by atoms with van der Waals surface area (Å²) in [5, 5.41) is 5.11. The average molecular weight is 315 g/mol. The van der Waals surface area contributed by atoms with Crippen molar-refractivity contribution in [1.82, 2.24) is 24.7 Å². The minimum atomic E-state index is -2.87. The summed E-state index contributed by atoms with van der Waals surface area (Å²) in [5.74, 6) is 0.0810. The topological polar surface area (TPSA) is 68.6 Å². The molecule has 116 valence electrons. The summed E-state index contributed by atoms with van der Waals surface area (Å²) in [7, 11) is 1.78. The number of H-pyrrole nitrogens is 1. The van der Waals surface area contributed by atoms with Crippen LogP contribution in [0.3, 0.4) is 0 Å². The third-order valence-electron chi connectivity index (χ3n) is 3.55. The van der Waals surface area contributed by atoms with Gasteiger partial charge in [-0.05, 0) is 24.3 Å². The monoisotopic (exact) mass is 315 g/mol. The van der Waals surface area contributed by atoms with Gasteiger partial charge in [0, 0.05) is 18.6 Å². The molecule has 8 heteroatoms. The molecular weight excluding hydrogens is 304 g/mol. The van der Waals surface area contributed by atoms with Crippen LogP contribution in [-0.2, 0) is 7.05 Å². The number of hydrogen-bond acceptors (Lipinski definition) is 4. The molecule has 0 fully saturated rings. The molecule has 0 radical (unpaired) electrons. The van der Waals surface area contributed by atoms with Crippen molar-refractivity contribution in [2.24, 2.45) is 7.05 Å². The van der Waals surface area contributed by atoms with E-state index in [9.17, 15) is 8.78 Å². The molecule has 0 saturated heterocycles. The maximum Gasteiger partial charge on any atom is 0.387 e. The highest BCUT2D eigenvalue weighted by Crippen LogP contribution is 2.30. The molecule has 1 N–H and O–H groups in total. The molecule has 3 heterocycles. The second-order valence-electron chi connectivity index (χ2n) is 5.00. The Kier molecular flexibility index (Phi) is 2.97. The molecule has 3 aromatic heterocycles. The summed E-state index contributed by atoms with van der Waals surface area (Å²) in [4.78, 5) is 11.8. The van der Waals surface area contributed by atoms with Crippen LogP contribution >= 0.6 is 0 Å². The van der Waals surface area contributed by atoms with E-state index in [1.165, 1.54) is 12.1 Å². The Balaban J connectivity index is 1.90. The van der Waals surface area contributed by atoms with E-state index < -0.39 is 6.61 Å². The lowest BCUT2D eigenvalue weighted by atomic mass is 10.1. The smallest absolute Gasteiger partial charge is 0.387 e. The lowest BCUT2D eigenvalue weighted by Gasteiger charge is -2.04. The molecule has 4 rings (SSSR count). The quantitative estimate of drug-likeness (QED) is 0.631. The third-order valence-corrected chi connectivity index (χ3v) is 3.55. The Hall–Kier alpha value is -3.03. The van der Waals surface area contributed by atoms with Crippen LogP contribution in [0.25, 0.3) is 33.5 Å². The van der Waals surface area contributed by atoms with Crippen molar-refractivity contribution in [3.8, 4) is 17.1 Å². The Morgan fingerprint density at radius 2 is 2.13 bits per heavy atom. The fraction of sp³-hybridized carbons (Fsp3) is 0.133. The number of aryl methyl sites for hydroxylation is 1. The standard InChI is InChI=1S/C15H11F2N5O/c1-22-12-3-2-8(23-15(16)17)6-9(12)13(21-22)11-7-19-14-10(20-11)4-5-18-14/h2-7,15H,1H3,(H,18,19). The van der Waals surface area contributed by atoms with Gasteiger partial charge in [-0.1, -0.05) is 0 Å². The van der Waals surface area contributed by atoms with Crippen LogP contribution in [0.4, 0.5) is 8.78 Å². The van der Waals surface area contributed by atoms with Crippen molar-refractivity contribution in [3.05, 3.63) is 36.7 Å². The van der Waals surface area contributed by atoms with E-state index in [0.717, 1.165) is 5.52 Å².